The van der Waals surface area contributed by atoms with Crippen LogP contribution >= 0.6 is 0 Å². The second-order valence-electron chi connectivity index (χ2n) is 6.79. The summed E-state index contributed by atoms with van der Waals surface area (Å²) in [6, 6.07) is 10.4. The van der Waals surface area contributed by atoms with Crippen LogP contribution in [0.15, 0.2) is 41.3 Å². The molecular weight excluding hydrogens is 384 g/mol. The third kappa shape index (κ3) is 3.96. The van der Waals surface area contributed by atoms with E-state index in [1.165, 1.54) is 4.31 Å². The Morgan fingerprint density at radius 3 is 2.48 bits per heavy atom. The Hall–Kier alpha value is -2.06. The molecule has 6 nitrogen and oxygen atoms in total. The monoisotopic (exact) mass is 408 g/mol. The molecule has 1 N–H and O–H groups in total. The number of nitrogens with zero attached hydrogens (tertiary/aromatic N) is 1. The molecule has 0 spiro atoms. The minimum Gasteiger partial charge on any atom is -0.280 e. The molecule has 0 radical (unpaired) electrons. The zero-order valence-electron chi connectivity index (χ0n) is 15.7. The summed E-state index contributed by atoms with van der Waals surface area (Å²) < 4.78 is 54.5. The first-order valence-corrected chi connectivity index (χ1v) is 12.0. The molecule has 1 aliphatic heterocycles. The molecule has 27 heavy (non-hydrogen) atoms. The number of aryl methyl sites for hydroxylation is 3. The Bertz CT molecular complexity index is 1080. The summed E-state index contributed by atoms with van der Waals surface area (Å²) in [5.41, 5.74) is 3.33. The summed E-state index contributed by atoms with van der Waals surface area (Å²) in [6.45, 7) is 5.61. The van der Waals surface area contributed by atoms with E-state index in [9.17, 15) is 16.8 Å². The zero-order chi connectivity index (χ0) is 19.8. The van der Waals surface area contributed by atoms with Gasteiger partial charge in [-0.15, -0.1) is 0 Å². The molecule has 0 unspecified atom stereocenters. The molecule has 0 saturated carbocycles. The lowest BCUT2D eigenvalue weighted by molar-refractivity contribution is 0.587. The van der Waals surface area contributed by atoms with E-state index in [1.54, 1.807) is 44.2 Å². The van der Waals surface area contributed by atoms with E-state index in [4.69, 9.17) is 0 Å². The minimum absolute atomic E-state index is 0.00484. The molecule has 0 amide bonds. The molecule has 2 aromatic carbocycles. The van der Waals surface area contributed by atoms with Crippen LogP contribution in [0, 0.1) is 13.8 Å². The molecule has 146 valence electrons. The van der Waals surface area contributed by atoms with Gasteiger partial charge in [-0.1, -0.05) is 18.2 Å². The van der Waals surface area contributed by atoms with Crippen molar-refractivity contribution in [3.05, 3.63) is 53.1 Å². The smallest absolute Gasteiger partial charge is 0.262 e. The van der Waals surface area contributed by atoms with E-state index >= 15 is 0 Å². The first-order chi connectivity index (χ1) is 12.6. The highest BCUT2D eigenvalue weighted by Gasteiger charge is 2.27. The van der Waals surface area contributed by atoms with Crippen LogP contribution in [0.1, 0.15) is 30.0 Å². The van der Waals surface area contributed by atoms with E-state index in [0.29, 0.717) is 23.5 Å². The van der Waals surface area contributed by atoms with E-state index in [1.807, 2.05) is 13.0 Å². The number of nitrogens with one attached hydrogen (secondary N) is 1. The summed E-state index contributed by atoms with van der Waals surface area (Å²) in [5.74, 6) is 0.00484. The van der Waals surface area contributed by atoms with Crippen LogP contribution in [0.5, 0.6) is 0 Å². The van der Waals surface area contributed by atoms with Crippen molar-refractivity contribution in [3.8, 4) is 0 Å². The van der Waals surface area contributed by atoms with Gasteiger partial charge >= 0.3 is 0 Å². The molecular formula is C19H24N2O4S2. The summed E-state index contributed by atoms with van der Waals surface area (Å²) in [6.07, 6.45) is 1.52. The van der Waals surface area contributed by atoms with Crippen LogP contribution in [0.4, 0.5) is 11.4 Å². The SMILES string of the molecule is CCS(=O)(=O)N1CCCc2ccc(NS(=O)(=O)c3cc(C)ccc3C)cc21. The Labute approximate surface area is 161 Å². The second kappa shape index (κ2) is 7.16. The van der Waals surface area contributed by atoms with Crippen molar-refractivity contribution in [1.82, 2.24) is 0 Å². The second-order valence-corrected chi connectivity index (χ2v) is 10.6. The topological polar surface area (TPSA) is 83.6 Å². The third-order valence-electron chi connectivity index (χ3n) is 4.75. The van der Waals surface area contributed by atoms with Crippen LogP contribution in [0.2, 0.25) is 0 Å². The van der Waals surface area contributed by atoms with Gasteiger partial charge in [-0.05, 0) is 68.5 Å². The maximum Gasteiger partial charge on any atom is 0.262 e. The minimum atomic E-state index is -3.77. The van der Waals surface area contributed by atoms with Gasteiger partial charge in [0.05, 0.1) is 22.0 Å². The highest BCUT2D eigenvalue weighted by molar-refractivity contribution is 7.93. The highest BCUT2D eigenvalue weighted by atomic mass is 32.2. The average Bonchev–Trinajstić information content (AvgIpc) is 2.62. The van der Waals surface area contributed by atoms with Crippen molar-refractivity contribution < 1.29 is 16.8 Å². The van der Waals surface area contributed by atoms with Gasteiger partial charge in [0.2, 0.25) is 10.0 Å². The summed E-state index contributed by atoms with van der Waals surface area (Å²) >= 11 is 0. The van der Waals surface area contributed by atoms with Gasteiger partial charge in [0.15, 0.2) is 0 Å². The quantitative estimate of drug-likeness (QED) is 0.823. The molecule has 0 saturated heterocycles. The van der Waals surface area contributed by atoms with E-state index < -0.39 is 20.0 Å². The van der Waals surface area contributed by atoms with Crippen molar-refractivity contribution in [1.29, 1.82) is 0 Å². The predicted molar refractivity (Wildman–Crippen MR) is 108 cm³/mol. The van der Waals surface area contributed by atoms with E-state index in [-0.39, 0.29) is 10.6 Å². The molecule has 0 atom stereocenters. The maximum absolute atomic E-state index is 12.8. The lowest BCUT2D eigenvalue weighted by Gasteiger charge is -2.30. The van der Waals surface area contributed by atoms with E-state index in [2.05, 4.69) is 4.72 Å². The van der Waals surface area contributed by atoms with Crippen molar-refractivity contribution in [3.63, 3.8) is 0 Å². The third-order valence-corrected chi connectivity index (χ3v) is 8.05. The standard InChI is InChI=1S/C19H24N2O4S2/c1-4-26(22,23)21-11-5-6-16-9-10-17(13-18(16)21)20-27(24,25)19-12-14(2)7-8-15(19)3/h7-10,12-13,20H,4-6,11H2,1-3H3. The normalized spacial score (nSPS) is 14.7. The fourth-order valence-corrected chi connectivity index (χ4v) is 5.82. The molecule has 1 aliphatic rings. The van der Waals surface area contributed by atoms with Crippen molar-refractivity contribution >= 4 is 31.4 Å². The number of sulfonamides is 2. The van der Waals surface area contributed by atoms with Crippen LogP contribution in [0.25, 0.3) is 0 Å². The van der Waals surface area contributed by atoms with Gasteiger partial charge in [-0.2, -0.15) is 0 Å². The molecule has 0 aliphatic carbocycles. The van der Waals surface area contributed by atoms with Crippen molar-refractivity contribution in [2.45, 2.75) is 38.5 Å². The molecule has 3 rings (SSSR count). The van der Waals surface area contributed by atoms with Crippen LogP contribution in [-0.4, -0.2) is 29.1 Å². The van der Waals surface area contributed by atoms with Gasteiger partial charge in [0, 0.05) is 6.54 Å². The van der Waals surface area contributed by atoms with Gasteiger partial charge in [0.25, 0.3) is 10.0 Å². The first-order valence-electron chi connectivity index (χ1n) is 8.87. The van der Waals surface area contributed by atoms with Gasteiger partial charge in [0.1, 0.15) is 0 Å². The number of hydrogen-bond acceptors (Lipinski definition) is 4. The van der Waals surface area contributed by atoms with Crippen molar-refractivity contribution in [2.75, 3.05) is 21.3 Å². The molecule has 2 aromatic rings. The summed E-state index contributed by atoms with van der Waals surface area (Å²) in [7, 11) is -7.17. The predicted octanol–water partition coefficient (Wildman–Crippen LogP) is 3.21. The lowest BCUT2D eigenvalue weighted by atomic mass is 10.0. The molecule has 0 bridgehead atoms. The largest absolute Gasteiger partial charge is 0.280 e. The van der Waals surface area contributed by atoms with E-state index in [0.717, 1.165) is 24.0 Å². The maximum atomic E-state index is 12.8. The fraction of sp³-hybridized carbons (Fsp3) is 0.368. The fourth-order valence-electron chi connectivity index (χ4n) is 3.26. The van der Waals surface area contributed by atoms with Crippen LogP contribution in [0.3, 0.4) is 0 Å². The highest BCUT2D eigenvalue weighted by Crippen LogP contribution is 2.33. The summed E-state index contributed by atoms with van der Waals surface area (Å²) in [5, 5.41) is 0. The average molecular weight is 409 g/mol. The Morgan fingerprint density at radius 1 is 1.04 bits per heavy atom. The van der Waals surface area contributed by atoms with Crippen LogP contribution in [-0.2, 0) is 26.5 Å². The first kappa shape index (κ1) is 19.7. The van der Waals surface area contributed by atoms with Crippen molar-refractivity contribution in [2.24, 2.45) is 0 Å². The summed E-state index contributed by atoms with van der Waals surface area (Å²) in [4.78, 5) is 0.221. The Morgan fingerprint density at radius 2 is 1.78 bits per heavy atom. The Kier molecular flexibility index (Phi) is 5.22. The number of anilines is 2. The molecule has 0 fully saturated rings. The van der Waals surface area contributed by atoms with Gasteiger partial charge < -0.3 is 0 Å². The van der Waals surface area contributed by atoms with Gasteiger partial charge in [-0.25, -0.2) is 16.8 Å². The lowest BCUT2D eigenvalue weighted by Crippen LogP contribution is -2.36. The molecule has 8 heteroatoms. The van der Waals surface area contributed by atoms with Crippen LogP contribution < -0.4 is 9.03 Å². The number of hydrogen-bond donors (Lipinski definition) is 1. The molecule has 1 heterocycles. The molecule has 0 aromatic heterocycles. The van der Waals surface area contributed by atoms with Gasteiger partial charge in [-0.3, -0.25) is 9.03 Å². The number of rotatable bonds is 5. The Balaban J connectivity index is 2.00. The zero-order valence-corrected chi connectivity index (χ0v) is 17.3. The number of fused-ring (bicyclic) bond motifs is 1. The number of benzene rings is 2.